The van der Waals surface area contributed by atoms with Crippen molar-refractivity contribution in [1.82, 2.24) is 10.2 Å². The number of carbonyl (C=O) groups excluding carboxylic acids is 1. The molecule has 3 aromatic rings. The molecule has 1 saturated heterocycles. The van der Waals surface area contributed by atoms with Crippen LogP contribution in [-0.2, 0) is 27.9 Å². The molecular formula is C28H33N3O3S. The van der Waals surface area contributed by atoms with E-state index in [9.17, 15) is 13.2 Å². The van der Waals surface area contributed by atoms with Crippen molar-refractivity contribution in [2.45, 2.75) is 44.2 Å². The molecule has 3 aromatic carbocycles. The van der Waals surface area contributed by atoms with Crippen molar-refractivity contribution in [2.24, 2.45) is 0 Å². The van der Waals surface area contributed by atoms with Crippen LogP contribution < -0.4 is 9.62 Å². The number of piperidine rings is 1. The van der Waals surface area contributed by atoms with Gasteiger partial charge in [0.25, 0.3) is 10.0 Å². The maximum atomic E-state index is 13.4. The third-order valence-corrected chi connectivity index (χ3v) is 8.06. The Labute approximate surface area is 208 Å². The Hall–Kier alpha value is -3.16. The Bertz CT molecular complexity index is 1220. The minimum atomic E-state index is -3.91. The molecule has 0 bridgehead atoms. The number of sulfonamides is 1. The van der Waals surface area contributed by atoms with Crippen molar-refractivity contribution in [3.8, 4) is 0 Å². The summed E-state index contributed by atoms with van der Waals surface area (Å²) in [4.78, 5) is 15.5. The molecule has 4 rings (SSSR count). The van der Waals surface area contributed by atoms with E-state index in [-0.39, 0.29) is 17.3 Å². The van der Waals surface area contributed by atoms with Gasteiger partial charge >= 0.3 is 0 Å². The first-order valence-electron chi connectivity index (χ1n) is 12.1. The van der Waals surface area contributed by atoms with Crippen molar-refractivity contribution < 1.29 is 13.2 Å². The van der Waals surface area contributed by atoms with Crippen LogP contribution in [0.1, 0.15) is 36.0 Å². The summed E-state index contributed by atoms with van der Waals surface area (Å²) in [5.41, 5.74) is 3.65. The Morgan fingerprint density at radius 1 is 0.886 bits per heavy atom. The fourth-order valence-electron chi connectivity index (χ4n) is 4.35. The summed E-state index contributed by atoms with van der Waals surface area (Å²) in [6.45, 7) is 5.13. The van der Waals surface area contributed by atoms with Gasteiger partial charge in [-0.25, -0.2) is 8.42 Å². The molecule has 1 aliphatic rings. The van der Waals surface area contributed by atoms with Crippen LogP contribution in [0.2, 0.25) is 0 Å². The van der Waals surface area contributed by atoms with Gasteiger partial charge in [0, 0.05) is 13.1 Å². The third kappa shape index (κ3) is 6.71. The Kier molecular flexibility index (Phi) is 8.21. The molecule has 0 saturated carbocycles. The molecule has 1 N–H and O–H groups in total. The molecule has 0 unspecified atom stereocenters. The number of carbonyl (C=O) groups is 1. The van der Waals surface area contributed by atoms with Gasteiger partial charge in [-0.3, -0.25) is 14.0 Å². The summed E-state index contributed by atoms with van der Waals surface area (Å²) in [5, 5.41) is 2.90. The first-order valence-corrected chi connectivity index (χ1v) is 13.6. The SMILES string of the molecule is Cc1ccc(S(=O)(=O)N(CC(=O)NCc2cccc(CN3CCCCC3)c2)c2ccccc2)cc1. The molecule has 0 radical (unpaired) electrons. The van der Waals surface area contributed by atoms with Gasteiger partial charge in [0.15, 0.2) is 0 Å². The molecule has 1 amide bonds. The predicted molar refractivity (Wildman–Crippen MR) is 140 cm³/mol. The fraction of sp³-hybridized carbons (Fsp3) is 0.321. The zero-order chi connectivity index (χ0) is 24.7. The highest BCUT2D eigenvalue weighted by atomic mass is 32.2. The second-order valence-electron chi connectivity index (χ2n) is 9.09. The molecule has 35 heavy (non-hydrogen) atoms. The zero-order valence-electron chi connectivity index (χ0n) is 20.2. The van der Waals surface area contributed by atoms with Crippen LogP contribution in [0.15, 0.2) is 83.8 Å². The molecule has 184 valence electrons. The normalized spacial score (nSPS) is 14.4. The quantitative estimate of drug-likeness (QED) is 0.479. The van der Waals surface area contributed by atoms with Crippen LogP contribution in [0, 0.1) is 6.92 Å². The van der Waals surface area contributed by atoms with Crippen molar-refractivity contribution >= 4 is 21.6 Å². The fourth-order valence-corrected chi connectivity index (χ4v) is 5.77. The summed E-state index contributed by atoms with van der Waals surface area (Å²) in [5.74, 6) is -0.356. The number of hydrogen-bond acceptors (Lipinski definition) is 4. The molecule has 0 atom stereocenters. The van der Waals surface area contributed by atoms with Gasteiger partial charge in [-0.2, -0.15) is 0 Å². The van der Waals surface area contributed by atoms with Crippen molar-refractivity contribution in [1.29, 1.82) is 0 Å². The first kappa shape index (κ1) is 24.9. The van der Waals surface area contributed by atoms with E-state index in [2.05, 4.69) is 22.3 Å². The number of anilines is 1. The number of amides is 1. The van der Waals surface area contributed by atoms with E-state index in [1.807, 2.05) is 25.1 Å². The van der Waals surface area contributed by atoms with Crippen molar-refractivity contribution in [3.63, 3.8) is 0 Å². The molecule has 1 fully saturated rings. The number of rotatable bonds is 9. The van der Waals surface area contributed by atoms with Gasteiger partial charge in [0.2, 0.25) is 5.91 Å². The second kappa shape index (κ2) is 11.5. The molecule has 7 heteroatoms. The summed E-state index contributed by atoms with van der Waals surface area (Å²) in [6.07, 6.45) is 3.81. The number of hydrogen-bond donors (Lipinski definition) is 1. The molecule has 1 aliphatic heterocycles. The number of benzene rings is 3. The lowest BCUT2D eigenvalue weighted by Crippen LogP contribution is -2.40. The van der Waals surface area contributed by atoms with Crippen molar-refractivity contribution in [2.75, 3.05) is 23.9 Å². The number of para-hydroxylation sites is 1. The number of aryl methyl sites for hydroxylation is 1. The highest BCUT2D eigenvalue weighted by Crippen LogP contribution is 2.23. The average molecular weight is 492 g/mol. The molecule has 0 aliphatic carbocycles. The maximum Gasteiger partial charge on any atom is 0.264 e. The van der Waals surface area contributed by atoms with Gasteiger partial charge in [-0.05, 0) is 68.2 Å². The minimum absolute atomic E-state index is 0.158. The minimum Gasteiger partial charge on any atom is -0.350 e. The van der Waals surface area contributed by atoms with Crippen LogP contribution in [0.5, 0.6) is 0 Å². The summed E-state index contributed by atoms with van der Waals surface area (Å²) in [7, 11) is -3.91. The summed E-state index contributed by atoms with van der Waals surface area (Å²) in [6, 6.07) is 23.6. The van der Waals surface area contributed by atoms with Crippen LogP contribution in [0.3, 0.4) is 0 Å². The standard InChI is InChI=1S/C28H33N3O3S/c1-23-13-15-27(16-14-23)35(33,34)31(26-11-4-2-5-12-26)22-28(32)29-20-24-9-8-10-25(19-24)21-30-17-6-3-7-18-30/h2,4-5,8-16,19H,3,6-7,17-18,20-22H2,1H3,(H,29,32). The molecule has 6 nitrogen and oxygen atoms in total. The monoisotopic (exact) mass is 491 g/mol. The molecule has 0 aromatic heterocycles. The molecular weight excluding hydrogens is 458 g/mol. The topological polar surface area (TPSA) is 69.7 Å². The van der Waals surface area contributed by atoms with Crippen LogP contribution >= 0.6 is 0 Å². The Balaban J connectivity index is 1.44. The average Bonchev–Trinajstić information content (AvgIpc) is 2.87. The lowest BCUT2D eigenvalue weighted by Gasteiger charge is -2.26. The highest BCUT2D eigenvalue weighted by Gasteiger charge is 2.27. The van der Waals surface area contributed by atoms with Gasteiger partial charge < -0.3 is 5.32 Å². The third-order valence-electron chi connectivity index (χ3n) is 6.28. The van der Waals surface area contributed by atoms with E-state index < -0.39 is 10.0 Å². The number of nitrogens with zero attached hydrogens (tertiary/aromatic N) is 2. The van der Waals surface area contributed by atoms with E-state index in [0.29, 0.717) is 12.2 Å². The summed E-state index contributed by atoms with van der Waals surface area (Å²) < 4.78 is 28.0. The predicted octanol–water partition coefficient (Wildman–Crippen LogP) is 4.49. The van der Waals surface area contributed by atoms with E-state index >= 15 is 0 Å². The Morgan fingerprint density at radius 2 is 1.57 bits per heavy atom. The zero-order valence-corrected chi connectivity index (χ0v) is 21.0. The molecule has 1 heterocycles. The smallest absolute Gasteiger partial charge is 0.264 e. The van der Waals surface area contributed by atoms with Gasteiger partial charge in [0.1, 0.15) is 6.54 Å². The molecule has 0 spiro atoms. The lowest BCUT2D eigenvalue weighted by atomic mass is 10.1. The van der Waals surface area contributed by atoms with E-state index in [0.717, 1.165) is 30.8 Å². The maximum absolute atomic E-state index is 13.4. The van der Waals surface area contributed by atoms with Gasteiger partial charge in [0.05, 0.1) is 10.6 Å². The van der Waals surface area contributed by atoms with Gasteiger partial charge in [-0.1, -0.05) is 66.6 Å². The van der Waals surface area contributed by atoms with E-state index in [1.165, 1.54) is 29.1 Å². The summed E-state index contributed by atoms with van der Waals surface area (Å²) >= 11 is 0. The Morgan fingerprint density at radius 3 is 2.29 bits per heavy atom. The van der Waals surface area contributed by atoms with Gasteiger partial charge in [-0.15, -0.1) is 0 Å². The lowest BCUT2D eigenvalue weighted by molar-refractivity contribution is -0.119. The highest BCUT2D eigenvalue weighted by molar-refractivity contribution is 7.92. The van der Waals surface area contributed by atoms with E-state index in [1.54, 1.807) is 48.5 Å². The largest absolute Gasteiger partial charge is 0.350 e. The second-order valence-corrected chi connectivity index (χ2v) is 11.0. The van der Waals surface area contributed by atoms with E-state index in [4.69, 9.17) is 0 Å². The number of nitrogens with one attached hydrogen (secondary N) is 1. The van der Waals surface area contributed by atoms with Crippen LogP contribution in [-0.4, -0.2) is 38.9 Å². The van der Waals surface area contributed by atoms with Crippen molar-refractivity contribution in [3.05, 3.63) is 95.6 Å². The van der Waals surface area contributed by atoms with Crippen LogP contribution in [0.4, 0.5) is 5.69 Å². The first-order chi connectivity index (χ1) is 16.9. The number of likely N-dealkylation sites (tertiary alicyclic amines) is 1. The van der Waals surface area contributed by atoms with Crippen LogP contribution in [0.25, 0.3) is 0 Å².